The van der Waals surface area contributed by atoms with Gasteiger partial charge in [-0.05, 0) is 23.1 Å². The molecule has 1 atom stereocenters. The number of rotatable bonds is 6. The quantitative estimate of drug-likeness (QED) is 0.831. The minimum absolute atomic E-state index is 0.449. The van der Waals surface area contributed by atoms with Crippen LogP contribution in [0.4, 0.5) is 0 Å². The molecule has 19 heavy (non-hydrogen) atoms. The molecule has 0 saturated heterocycles. The van der Waals surface area contributed by atoms with E-state index in [2.05, 4.69) is 36.5 Å². The summed E-state index contributed by atoms with van der Waals surface area (Å²) in [6.07, 6.45) is 0.581. The summed E-state index contributed by atoms with van der Waals surface area (Å²) in [7, 11) is 0. The van der Waals surface area contributed by atoms with Crippen LogP contribution in [0.15, 0.2) is 54.6 Å². The molecule has 0 aliphatic heterocycles. The van der Waals surface area contributed by atoms with Gasteiger partial charge in [0.05, 0.1) is 6.10 Å². The zero-order valence-corrected chi connectivity index (χ0v) is 11.3. The van der Waals surface area contributed by atoms with E-state index in [9.17, 15) is 5.11 Å². The molecule has 0 unspecified atom stereocenters. The van der Waals surface area contributed by atoms with Gasteiger partial charge in [-0.1, -0.05) is 61.5 Å². The molecule has 0 bridgehead atoms. The van der Waals surface area contributed by atoms with Gasteiger partial charge in [0.1, 0.15) is 0 Å². The minimum Gasteiger partial charge on any atom is -0.387 e. The molecule has 0 amide bonds. The van der Waals surface area contributed by atoms with Gasteiger partial charge < -0.3 is 10.4 Å². The number of nitrogens with one attached hydrogen (secondary N) is 1. The summed E-state index contributed by atoms with van der Waals surface area (Å²) >= 11 is 0. The van der Waals surface area contributed by atoms with E-state index >= 15 is 0 Å². The van der Waals surface area contributed by atoms with E-state index < -0.39 is 6.10 Å². The van der Waals surface area contributed by atoms with Gasteiger partial charge in [0.15, 0.2) is 0 Å². The second kappa shape index (κ2) is 7.07. The number of benzene rings is 2. The number of hydrogen-bond donors (Lipinski definition) is 2. The topological polar surface area (TPSA) is 32.3 Å². The third-order valence-electron chi connectivity index (χ3n) is 3.28. The number of aliphatic hydroxyl groups is 1. The van der Waals surface area contributed by atoms with Gasteiger partial charge in [0, 0.05) is 13.1 Å². The fraction of sp³-hybridized carbons (Fsp3) is 0.294. The Morgan fingerprint density at radius 3 is 2.26 bits per heavy atom. The first-order valence-electron chi connectivity index (χ1n) is 6.81. The van der Waals surface area contributed by atoms with Gasteiger partial charge >= 0.3 is 0 Å². The molecule has 2 heteroatoms. The first-order chi connectivity index (χ1) is 9.29. The molecule has 2 rings (SSSR count). The lowest BCUT2D eigenvalue weighted by Crippen LogP contribution is -2.21. The van der Waals surface area contributed by atoms with Crippen molar-refractivity contribution in [3.8, 4) is 0 Å². The van der Waals surface area contributed by atoms with E-state index in [0.29, 0.717) is 6.54 Å². The third kappa shape index (κ3) is 4.19. The van der Waals surface area contributed by atoms with Gasteiger partial charge in [-0.15, -0.1) is 0 Å². The Morgan fingerprint density at radius 1 is 0.947 bits per heavy atom. The second-order valence-electron chi connectivity index (χ2n) is 4.73. The molecule has 0 saturated carbocycles. The van der Waals surface area contributed by atoms with Crippen LogP contribution >= 0.6 is 0 Å². The van der Waals surface area contributed by atoms with Crippen molar-refractivity contribution in [2.45, 2.75) is 26.0 Å². The minimum atomic E-state index is -0.449. The molecular weight excluding hydrogens is 234 g/mol. The highest BCUT2D eigenvalue weighted by atomic mass is 16.3. The molecule has 0 aliphatic carbocycles. The largest absolute Gasteiger partial charge is 0.387 e. The molecule has 2 aromatic carbocycles. The van der Waals surface area contributed by atoms with E-state index in [1.54, 1.807) is 0 Å². The maximum atomic E-state index is 10.1. The third-order valence-corrected chi connectivity index (χ3v) is 3.28. The van der Waals surface area contributed by atoms with Crippen molar-refractivity contribution < 1.29 is 5.11 Å². The lowest BCUT2D eigenvalue weighted by molar-refractivity contribution is 0.174. The molecule has 0 spiro atoms. The van der Waals surface area contributed by atoms with Crippen LogP contribution in [0.5, 0.6) is 0 Å². The van der Waals surface area contributed by atoms with Crippen molar-refractivity contribution in [3.63, 3.8) is 0 Å². The van der Waals surface area contributed by atoms with Crippen molar-refractivity contribution in [2.24, 2.45) is 0 Å². The normalized spacial score (nSPS) is 12.3. The summed E-state index contributed by atoms with van der Waals surface area (Å²) in [5, 5.41) is 13.4. The Labute approximate surface area is 115 Å². The molecule has 0 heterocycles. The van der Waals surface area contributed by atoms with Gasteiger partial charge in [-0.25, -0.2) is 0 Å². The highest BCUT2D eigenvalue weighted by molar-refractivity contribution is 5.24. The van der Waals surface area contributed by atoms with Crippen molar-refractivity contribution in [2.75, 3.05) is 6.54 Å². The van der Waals surface area contributed by atoms with Gasteiger partial charge in [0.25, 0.3) is 0 Å². The fourth-order valence-electron chi connectivity index (χ4n) is 2.04. The van der Waals surface area contributed by atoms with E-state index in [1.165, 1.54) is 11.1 Å². The monoisotopic (exact) mass is 255 g/mol. The average Bonchev–Trinajstić information content (AvgIpc) is 2.48. The van der Waals surface area contributed by atoms with Crippen molar-refractivity contribution in [1.82, 2.24) is 5.32 Å². The van der Waals surface area contributed by atoms with E-state index in [0.717, 1.165) is 18.5 Å². The predicted molar refractivity (Wildman–Crippen MR) is 78.9 cm³/mol. The maximum Gasteiger partial charge on any atom is 0.0914 e. The molecule has 2 N–H and O–H groups in total. The van der Waals surface area contributed by atoms with Crippen LogP contribution < -0.4 is 5.32 Å². The molecule has 0 aliphatic rings. The Hall–Kier alpha value is -1.64. The molecule has 2 nitrogen and oxygen atoms in total. The Balaban J connectivity index is 1.82. The summed E-state index contributed by atoms with van der Waals surface area (Å²) < 4.78 is 0. The zero-order valence-electron chi connectivity index (χ0n) is 11.3. The summed E-state index contributed by atoms with van der Waals surface area (Å²) in [6, 6.07) is 18.4. The molecule has 2 aromatic rings. The summed E-state index contributed by atoms with van der Waals surface area (Å²) in [5.74, 6) is 0. The Bertz CT molecular complexity index is 478. The van der Waals surface area contributed by atoms with Crippen molar-refractivity contribution in [1.29, 1.82) is 0 Å². The van der Waals surface area contributed by atoms with Crippen LogP contribution in [0.2, 0.25) is 0 Å². The summed E-state index contributed by atoms with van der Waals surface area (Å²) in [5.41, 5.74) is 3.50. The van der Waals surface area contributed by atoms with Gasteiger partial charge in [0.2, 0.25) is 0 Å². The first kappa shape index (κ1) is 13.8. The molecule has 100 valence electrons. The van der Waals surface area contributed by atoms with Crippen molar-refractivity contribution in [3.05, 3.63) is 71.3 Å². The van der Waals surface area contributed by atoms with Crippen LogP contribution in [0.1, 0.15) is 29.7 Å². The highest BCUT2D eigenvalue weighted by Crippen LogP contribution is 2.13. The molecule has 0 radical (unpaired) electrons. The number of aliphatic hydroxyl groups excluding tert-OH is 1. The first-order valence-corrected chi connectivity index (χ1v) is 6.81. The lowest BCUT2D eigenvalue weighted by atomic mass is 10.1. The second-order valence-corrected chi connectivity index (χ2v) is 4.73. The van der Waals surface area contributed by atoms with Crippen LogP contribution in [0.3, 0.4) is 0 Å². The highest BCUT2D eigenvalue weighted by Gasteiger charge is 2.06. The molecule has 0 aromatic heterocycles. The SMILES string of the molecule is CCc1ccc([C@@H](O)CNCc2ccccc2)cc1. The maximum absolute atomic E-state index is 10.1. The van der Waals surface area contributed by atoms with Crippen LogP contribution in [-0.4, -0.2) is 11.7 Å². The van der Waals surface area contributed by atoms with E-state index in [4.69, 9.17) is 0 Å². The fourth-order valence-corrected chi connectivity index (χ4v) is 2.04. The summed E-state index contributed by atoms with van der Waals surface area (Å²) in [4.78, 5) is 0. The Kier molecular flexibility index (Phi) is 5.13. The van der Waals surface area contributed by atoms with Crippen LogP contribution in [-0.2, 0) is 13.0 Å². The van der Waals surface area contributed by atoms with Crippen LogP contribution in [0, 0.1) is 0 Å². The average molecular weight is 255 g/mol. The van der Waals surface area contributed by atoms with E-state index in [-0.39, 0.29) is 0 Å². The number of hydrogen-bond acceptors (Lipinski definition) is 2. The van der Waals surface area contributed by atoms with Gasteiger partial charge in [-0.3, -0.25) is 0 Å². The standard InChI is InChI=1S/C17H21NO/c1-2-14-8-10-16(11-9-14)17(19)13-18-12-15-6-4-3-5-7-15/h3-11,17-19H,2,12-13H2,1H3/t17-/m0/s1. The lowest BCUT2D eigenvalue weighted by Gasteiger charge is -2.12. The Morgan fingerprint density at radius 2 is 1.63 bits per heavy atom. The zero-order chi connectivity index (χ0) is 13.5. The predicted octanol–water partition coefficient (Wildman–Crippen LogP) is 3.07. The summed E-state index contributed by atoms with van der Waals surface area (Å²) in [6.45, 7) is 3.48. The van der Waals surface area contributed by atoms with Crippen molar-refractivity contribution >= 4 is 0 Å². The molecule has 0 fully saturated rings. The number of aryl methyl sites for hydroxylation is 1. The smallest absolute Gasteiger partial charge is 0.0914 e. The molecular formula is C17H21NO. The van der Waals surface area contributed by atoms with E-state index in [1.807, 2.05) is 30.3 Å². The van der Waals surface area contributed by atoms with Crippen LogP contribution in [0.25, 0.3) is 0 Å². The van der Waals surface area contributed by atoms with Gasteiger partial charge in [-0.2, -0.15) is 0 Å².